The lowest BCUT2D eigenvalue weighted by atomic mass is 10.1. The number of thiophene rings is 1. The largest absolute Gasteiger partial charge is 0.497 e. The van der Waals surface area contributed by atoms with E-state index >= 15 is 0 Å². The molecule has 0 saturated heterocycles. The standard InChI is InChI=1S/C19H12ClFN2O2S/c1-24-13-5-2-11(3-6-13)14-9-26-19-17(14)18(22-10-23-19)25-16-7-4-12(21)8-15(16)20/h2-10H,1H3. The van der Waals surface area contributed by atoms with Crippen molar-refractivity contribution in [3.8, 4) is 28.5 Å². The maximum absolute atomic E-state index is 13.3. The molecule has 26 heavy (non-hydrogen) atoms. The van der Waals surface area contributed by atoms with Crippen LogP contribution in [-0.2, 0) is 0 Å². The van der Waals surface area contributed by atoms with Gasteiger partial charge in [-0.3, -0.25) is 0 Å². The summed E-state index contributed by atoms with van der Waals surface area (Å²) >= 11 is 7.57. The molecule has 0 fully saturated rings. The number of aromatic nitrogens is 2. The van der Waals surface area contributed by atoms with Gasteiger partial charge in [0.1, 0.15) is 28.5 Å². The Labute approximate surface area is 157 Å². The molecular formula is C19H12ClFN2O2S. The van der Waals surface area contributed by atoms with Gasteiger partial charge in [0, 0.05) is 10.9 Å². The van der Waals surface area contributed by atoms with E-state index < -0.39 is 5.82 Å². The summed E-state index contributed by atoms with van der Waals surface area (Å²) in [4.78, 5) is 9.35. The first-order chi connectivity index (χ1) is 12.7. The highest BCUT2D eigenvalue weighted by Crippen LogP contribution is 2.40. The van der Waals surface area contributed by atoms with Gasteiger partial charge < -0.3 is 9.47 Å². The van der Waals surface area contributed by atoms with Crippen LogP contribution >= 0.6 is 22.9 Å². The highest BCUT2D eigenvalue weighted by molar-refractivity contribution is 7.17. The molecule has 2 aromatic carbocycles. The average Bonchev–Trinajstić information content (AvgIpc) is 3.09. The van der Waals surface area contributed by atoms with Gasteiger partial charge in [-0.1, -0.05) is 23.7 Å². The number of ether oxygens (including phenoxy) is 2. The number of methoxy groups -OCH3 is 1. The number of hydrogen-bond donors (Lipinski definition) is 0. The molecule has 4 nitrogen and oxygen atoms in total. The van der Waals surface area contributed by atoms with Gasteiger partial charge in [0.25, 0.3) is 0 Å². The molecule has 130 valence electrons. The summed E-state index contributed by atoms with van der Waals surface area (Å²) in [6, 6.07) is 11.7. The Balaban J connectivity index is 1.81. The third-order valence-corrected chi connectivity index (χ3v) is 5.02. The fourth-order valence-corrected chi connectivity index (χ4v) is 3.68. The molecular weight excluding hydrogens is 375 g/mol. The minimum atomic E-state index is -0.426. The van der Waals surface area contributed by atoms with Gasteiger partial charge in [-0.15, -0.1) is 11.3 Å². The molecule has 0 saturated carbocycles. The molecule has 0 amide bonds. The van der Waals surface area contributed by atoms with Crippen LogP contribution in [0.5, 0.6) is 17.4 Å². The Morgan fingerprint density at radius 3 is 2.62 bits per heavy atom. The maximum atomic E-state index is 13.3. The molecule has 0 radical (unpaired) electrons. The van der Waals surface area contributed by atoms with E-state index in [1.54, 1.807) is 7.11 Å². The van der Waals surface area contributed by atoms with E-state index in [4.69, 9.17) is 21.1 Å². The van der Waals surface area contributed by atoms with Crippen LogP contribution in [0, 0.1) is 5.82 Å². The number of hydrogen-bond acceptors (Lipinski definition) is 5. The first-order valence-electron chi connectivity index (χ1n) is 7.65. The number of nitrogens with zero attached hydrogens (tertiary/aromatic N) is 2. The molecule has 0 aliphatic rings. The van der Waals surface area contributed by atoms with Crippen LogP contribution in [0.1, 0.15) is 0 Å². The van der Waals surface area contributed by atoms with E-state index in [2.05, 4.69) is 9.97 Å². The van der Waals surface area contributed by atoms with E-state index in [0.717, 1.165) is 27.1 Å². The zero-order valence-electron chi connectivity index (χ0n) is 13.6. The number of fused-ring (bicyclic) bond motifs is 1. The summed E-state index contributed by atoms with van der Waals surface area (Å²) in [7, 11) is 1.63. The summed E-state index contributed by atoms with van der Waals surface area (Å²) in [5, 5.41) is 2.96. The quantitative estimate of drug-likeness (QED) is 0.434. The molecule has 2 aromatic heterocycles. The third-order valence-electron chi connectivity index (χ3n) is 3.84. The van der Waals surface area contributed by atoms with Gasteiger partial charge in [-0.2, -0.15) is 0 Å². The summed E-state index contributed by atoms with van der Waals surface area (Å²) in [5.74, 6) is 1.05. The van der Waals surface area contributed by atoms with E-state index in [-0.39, 0.29) is 5.02 Å². The lowest BCUT2D eigenvalue weighted by Crippen LogP contribution is -1.92. The monoisotopic (exact) mass is 386 g/mol. The van der Waals surface area contributed by atoms with Crippen molar-refractivity contribution < 1.29 is 13.9 Å². The van der Waals surface area contributed by atoms with E-state index in [0.29, 0.717) is 11.6 Å². The molecule has 0 aliphatic heterocycles. The Kier molecular flexibility index (Phi) is 4.44. The van der Waals surface area contributed by atoms with Gasteiger partial charge in [0.05, 0.1) is 17.5 Å². The van der Waals surface area contributed by atoms with Crippen molar-refractivity contribution in [1.29, 1.82) is 0 Å². The van der Waals surface area contributed by atoms with Crippen molar-refractivity contribution in [3.05, 3.63) is 65.0 Å². The minimum Gasteiger partial charge on any atom is -0.497 e. The molecule has 0 bridgehead atoms. The predicted octanol–water partition coefficient (Wildman–Crippen LogP) is 5.95. The van der Waals surface area contributed by atoms with Crippen LogP contribution in [0.4, 0.5) is 4.39 Å². The van der Waals surface area contributed by atoms with Crippen LogP contribution in [0.2, 0.25) is 5.02 Å². The first-order valence-corrected chi connectivity index (χ1v) is 8.91. The Morgan fingerprint density at radius 2 is 1.88 bits per heavy atom. The zero-order chi connectivity index (χ0) is 18.1. The first kappa shape index (κ1) is 16.8. The molecule has 0 atom stereocenters. The van der Waals surface area contributed by atoms with Crippen LogP contribution in [0.15, 0.2) is 54.2 Å². The van der Waals surface area contributed by atoms with E-state index in [9.17, 15) is 4.39 Å². The summed E-state index contributed by atoms with van der Waals surface area (Å²) < 4.78 is 24.3. The van der Waals surface area contributed by atoms with Gasteiger partial charge in [0.2, 0.25) is 5.88 Å². The Morgan fingerprint density at radius 1 is 1.08 bits per heavy atom. The molecule has 0 N–H and O–H groups in total. The van der Waals surface area contributed by atoms with Crippen LogP contribution in [-0.4, -0.2) is 17.1 Å². The minimum absolute atomic E-state index is 0.179. The van der Waals surface area contributed by atoms with E-state index in [1.807, 2.05) is 29.6 Å². The Hall–Kier alpha value is -2.70. The third kappa shape index (κ3) is 3.09. The summed E-state index contributed by atoms with van der Waals surface area (Å²) in [6.45, 7) is 0. The summed E-state index contributed by atoms with van der Waals surface area (Å²) in [6.07, 6.45) is 1.43. The predicted molar refractivity (Wildman–Crippen MR) is 101 cm³/mol. The molecule has 0 aliphatic carbocycles. The highest BCUT2D eigenvalue weighted by atomic mass is 35.5. The normalized spacial score (nSPS) is 10.9. The smallest absolute Gasteiger partial charge is 0.231 e. The van der Waals surface area contributed by atoms with Crippen molar-refractivity contribution in [1.82, 2.24) is 9.97 Å². The van der Waals surface area contributed by atoms with Gasteiger partial charge >= 0.3 is 0 Å². The molecule has 0 spiro atoms. The van der Waals surface area contributed by atoms with Crippen LogP contribution < -0.4 is 9.47 Å². The van der Waals surface area contributed by atoms with Crippen LogP contribution in [0.3, 0.4) is 0 Å². The van der Waals surface area contributed by atoms with Gasteiger partial charge in [-0.05, 0) is 35.9 Å². The van der Waals surface area contributed by atoms with Crippen molar-refractivity contribution in [2.45, 2.75) is 0 Å². The second kappa shape index (κ2) is 6.90. The molecule has 4 aromatic rings. The maximum Gasteiger partial charge on any atom is 0.231 e. The fourth-order valence-electron chi connectivity index (χ4n) is 2.57. The van der Waals surface area contributed by atoms with Crippen molar-refractivity contribution >= 4 is 33.2 Å². The molecule has 4 rings (SSSR count). The lowest BCUT2D eigenvalue weighted by molar-refractivity contribution is 0.415. The second-order valence-electron chi connectivity index (χ2n) is 5.41. The number of halogens is 2. The van der Waals surface area contributed by atoms with Crippen molar-refractivity contribution in [3.63, 3.8) is 0 Å². The van der Waals surface area contributed by atoms with Gasteiger partial charge in [-0.25, -0.2) is 14.4 Å². The highest BCUT2D eigenvalue weighted by Gasteiger charge is 2.16. The van der Waals surface area contributed by atoms with Crippen LogP contribution in [0.25, 0.3) is 21.3 Å². The van der Waals surface area contributed by atoms with E-state index in [1.165, 1.54) is 35.9 Å². The van der Waals surface area contributed by atoms with Crippen molar-refractivity contribution in [2.75, 3.05) is 7.11 Å². The number of rotatable bonds is 4. The molecule has 2 heterocycles. The summed E-state index contributed by atoms with van der Waals surface area (Å²) in [5.41, 5.74) is 1.93. The molecule has 7 heteroatoms. The second-order valence-corrected chi connectivity index (χ2v) is 6.68. The Bertz CT molecular complexity index is 1080. The number of benzene rings is 2. The zero-order valence-corrected chi connectivity index (χ0v) is 15.1. The molecule has 0 unspecified atom stereocenters. The average molecular weight is 387 g/mol. The van der Waals surface area contributed by atoms with Gasteiger partial charge in [0.15, 0.2) is 0 Å². The fraction of sp³-hybridized carbons (Fsp3) is 0.0526. The topological polar surface area (TPSA) is 44.2 Å². The lowest BCUT2D eigenvalue weighted by Gasteiger charge is -2.09. The SMILES string of the molecule is COc1ccc(-c2csc3ncnc(Oc4ccc(F)cc4Cl)c23)cc1. The van der Waals surface area contributed by atoms with Crippen molar-refractivity contribution in [2.24, 2.45) is 0 Å².